The van der Waals surface area contributed by atoms with Crippen LogP contribution in [-0.2, 0) is 4.74 Å². The maximum atomic E-state index is 13.0. The van der Waals surface area contributed by atoms with Crippen molar-refractivity contribution in [3.63, 3.8) is 0 Å². The van der Waals surface area contributed by atoms with Crippen LogP contribution in [-0.4, -0.2) is 33.9 Å². The molecule has 0 N–H and O–H groups in total. The summed E-state index contributed by atoms with van der Waals surface area (Å²) in [5.41, 5.74) is 1.55. The predicted octanol–water partition coefficient (Wildman–Crippen LogP) is 3.60. The first-order valence-electron chi connectivity index (χ1n) is 7.21. The fourth-order valence-corrected chi connectivity index (χ4v) is 3.54. The van der Waals surface area contributed by atoms with Gasteiger partial charge in [-0.25, -0.2) is 4.98 Å². The molecule has 0 saturated carbocycles. The normalized spacial score (nSPS) is 21.6. The zero-order valence-electron chi connectivity index (χ0n) is 12.6. The zero-order valence-corrected chi connectivity index (χ0v) is 13.4. The molecule has 1 fully saturated rings. The molecule has 1 atom stereocenters. The van der Waals surface area contributed by atoms with Gasteiger partial charge in [0.15, 0.2) is 5.16 Å². The molecule has 4 nitrogen and oxygen atoms in total. The Morgan fingerprint density at radius 1 is 1.43 bits per heavy atom. The summed E-state index contributed by atoms with van der Waals surface area (Å²) in [7, 11) is 0. The lowest BCUT2D eigenvalue weighted by molar-refractivity contribution is -0.0677. The third kappa shape index (κ3) is 2.72. The van der Waals surface area contributed by atoms with Crippen LogP contribution in [0.2, 0.25) is 0 Å². The van der Waals surface area contributed by atoms with Crippen LogP contribution >= 0.6 is 11.8 Å². The van der Waals surface area contributed by atoms with E-state index in [0.717, 1.165) is 29.0 Å². The highest BCUT2D eigenvalue weighted by Crippen LogP contribution is 2.32. The average Bonchev–Trinajstić information content (AvgIpc) is 2.83. The van der Waals surface area contributed by atoms with Crippen LogP contribution in [0.25, 0.3) is 11.0 Å². The lowest BCUT2D eigenvalue weighted by Gasteiger charge is -2.34. The third-order valence-electron chi connectivity index (χ3n) is 3.98. The molecular formula is C16H20N2O2S. The molecule has 1 aromatic heterocycles. The lowest BCUT2D eigenvalue weighted by Crippen LogP contribution is -2.38. The zero-order chi connectivity index (χ0) is 15.0. The van der Waals surface area contributed by atoms with E-state index in [2.05, 4.69) is 4.98 Å². The van der Waals surface area contributed by atoms with Crippen LogP contribution in [0.3, 0.4) is 0 Å². The number of benzene rings is 1. The Hall–Kier alpha value is -1.33. The van der Waals surface area contributed by atoms with Crippen LogP contribution in [0.5, 0.6) is 0 Å². The van der Waals surface area contributed by atoms with E-state index in [-0.39, 0.29) is 17.4 Å². The van der Waals surface area contributed by atoms with Gasteiger partial charge in [-0.3, -0.25) is 9.36 Å². The van der Waals surface area contributed by atoms with Gasteiger partial charge in [-0.2, -0.15) is 0 Å². The number of aromatic nitrogens is 2. The largest absolute Gasteiger partial charge is 0.376 e. The van der Waals surface area contributed by atoms with Gasteiger partial charge in [0.2, 0.25) is 5.91 Å². The fourth-order valence-electron chi connectivity index (χ4n) is 2.98. The highest BCUT2D eigenvalue weighted by Gasteiger charge is 2.34. The Bertz CT molecular complexity index is 678. The molecule has 1 aromatic carbocycles. The summed E-state index contributed by atoms with van der Waals surface area (Å²) >= 11 is 1.51. The minimum Gasteiger partial charge on any atom is -0.376 e. The molecule has 0 aliphatic carbocycles. The molecule has 0 amide bonds. The number of carbonyl (C=O) groups is 1. The lowest BCUT2D eigenvalue weighted by atomic mass is 9.87. The van der Waals surface area contributed by atoms with E-state index < -0.39 is 0 Å². The van der Waals surface area contributed by atoms with Gasteiger partial charge >= 0.3 is 0 Å². The molecule has 2 aromatic rings. The second-order valence-electron chi connectivity index (χ2n) is 6.06. The van der Waals surface area contributed by atoms with Gasteiger partial charge < -0.3 is 4.74 Å². The second kappa shape index (κ2) is 5.46. The molecular weight excluding hydrogens is 284 g/mol. The number of para-hydroxylation sites is 2. The number of imidazole rings is 1. The van der Waals surface area contributed by atoms with Crippen molar-refractivity contribution in [2.24, 2.45) is 5.92 Å². The van der Waals surface area contributed by atoms with Crippen LogP contribution in [0.15, 0.2) is 29.4 Å². The smallest absolute Gasteiger partial charge is 0.236 e. The highest BCUT2D eigenvalue weighted by molar-refractivity contribution is 7.98. The molecule has 1 aliphatic rings. The van der Waals surface area contributed by atoms with E-state index in [1.807, 2.05) is 44.4 Å². The predicted molar refractivity (Wildman–Crippen MR) is 84.9 cm³/mol. The summed E-state index contributed by atoms with van der Waals surface area (Å²) in [6.07, 6.45) is 3.49. The minimum absolute atomic E-state index is 0.00254. The van der Waals surface area contributed by atoms with Gasteiger partial charge in [0.25, 0.3) is 0 Å². The Morgan fingerprint density at radius 3 is 2.90 bits per heavy atom. The van der Waals surface area contributed by atoms with Crippen molar-refractivity contribution in [1.29, 1.82) is 0 Å². The van der Waals surface area contributed by atoms with E-state index in [1.165, 1.54) is 11.8 Å². The summed E-state index contributed by atoms with van der Waals surface area (Å²) in [4.78, 5) is 17.6. The number of thioether (sulfide) groups is 1. The van der Waals surface area contributed by atoms with Crippen molar-refractivity contribution >= 4 is 28.7 Å². The second-order valence-corrected chi connectivity index (χ2v) is 6.83. The monoisotopic (exact) mass is 304 g/mol. The highest BCUT2D eigenvalue weighted by atomic mass is 32.2. The molecule has 1 unspecified atom stereocenters. The van der Waals surface area contributed by atoms with E-state index in [1.54, 1.807) is 4.57 Å². The Balaban J connectivity index is 2.01. The summed E-state index contributed by atoms with van der Waals surface area (Å²) in [6, 6.07) is 7.81. The van der Waals surface area contributed by atoms with Gasteiger partial charge in [0.05, 0.1) is 16.6 Å². The number of rotatable bonds is 2. The van der Waals surface area contributed by atoms with Crippen molar-refractivity contribution in [2.75, 3.05) is 12.9 Å². The first-order chi connectivity index (χ1) is 10.0. The summed E-state index contributed by atoms with van der Waals surface area (Å²) in [6.45, 7) is 4.74. The number of ether oxygens (including phenoxy) is 1. The third-order valence-corrected chi connectivity index (χ3v) is 4.62. The topological polar surface area (TPSA) is 44.1 Å². The van der Waals surface area contributed by atoms with E-state index in [0.29, 0.717) is 6.61 Å². The first kappa shape index (κ1) is 14.6. The molecule has 21 heavy (non-hydrogen) atoms. The van der Waals surface area contributed by atoms with Crippen LogP contribution in [0.1, 0.15) is 31.5 Å². The molecule has 112 valence electrons. The number of nitrogens with zero attached hydrogens (tertiary/aromatic N) is 2. The molecule has 1 saturated heterocycles. The van der Waals surface area contributed by atoms with Crippen molar-refractivity contribution in [2.45, 2.75) is 37.4 Å². The Labute approximate surface area is 128 Å². The molecule has 1 aliphatic heterocycles. The molecule has 5 heteroatoms. The van der Waals surface area contributed by atoms with E-state index in [9.17, 15) is 4.79 Å². The van der Waals surface area contributed by atoms with Crippen LogP contribution in [0, 0.1) is 5.92 Å². The number of hydrogen-bond donors (Lipinski definition) is 0. The maximum Gasteiger partial charge on any atom is 0.236 e. The average molecular weight is 304 g/mol. The van der Waals surface area contributed by atoms with Crippen molar-refractivity contribution in [1.82, 2.24) is 9.55 Å². The van der Waals surface area contributed by atoms with Gasteiger partial charge in [-0.15, -0.1) is 0 Å². The fraction of sp³-hybridized carbons (Fsp3) is 0.500. The van der Waals surface area contributed by atoms with E-state index in [4.69, 9.17) is 4.74 Å². The number of hydrogen-bond acceptors (Lipinski definition) is 4. The standard InChI is InChI=1S/C16H20N2O2S/c1-16(2)10-11(8-9-20-16)14(19)18-13-7-5-4-6-12(13)17-15(18)21-3/h4-7,11H,8-10H2,1-3H3. The molecule has 0 spiro atoms. The van der Waals surface area contributed by atoms with Crippen molar-refractivity contribution in [3.8, 4) is 0 Å². The minimum atomic E-state index is -0.228. The van der Waals surface area contributed by atoms with E-state index >= 15 is 0 Å². The summed E-state index contributed by atoms with van der Waals surface area (Å²) < 4.78 is 7.51. The number of fused-ring (bicyclic) bond motifs is 1. The quantitative estimate of drug-likeness (QED) is 0.795. The summed E-state index contributed by atoms with van der Waals surface area (Å²) in [5, 5.41) is 0.769. The maximum absolute atomic E-state index is 13.0. The van der Waals surface area contributed by atoms with Crippen molar-refractivity contribution in [3.05, 3.63) is 24.3 Å². The van der Waals surface area contributed by atoms with Crippen LogP contribution in [0.4, 0.5) is 0 Å². The van der Waals surface area contributed by atoms with Crippen molar-refractivity contribution < 1.29 is 9.53 Å². The molecule has 2 heterocycles. The first-order valence-corrected chi connectivity index (χ1v) is 8.44. The van der Waals surface area contributed by atoms with Gasteiger partial charge in [0, 0.05) is 12.5 Å². The van der Waals surface area contributed by atoms with Gasteiger partial charge in [-0.05, 0) is 45.1 Å². The SMILES string of the molecule is CSc1nc2ccccc2n1C(=O)C1CCOC(C)(C)C1. The van der Waals surface area contributed by atoms with Crippen LogP contribution < -0.4 is 0 Å². The molecule has 0 radical (unpaired) electrons. The number of carbonyl (C=O) groups excluding carboxylic acids is 1. The Kier molecular flexibility index (Phi) is 3.80. The summed E-state index contributed by atoms with van der Waals surface area (Å²) in [5.74, 6) is 0.140. The van der Waals surface area contributed by atoms with Gasteiger partial charge in [-0.1, -0.05) is 23.9 Å². The molecule has 0 bridgehead atoms. The molecule has 3 rings (SSSR count). The Morgan fingerprint density at radius 2 is 2.19 bits per heavy atom. The van der Waals surface area contributed by atoms with Gasteiger partial charge in [0.1, 0.15) is 0 Å².